The minimum atomic E-state index is -0.932. The zero-order chi connectivity index (χ0) is 28.2. The van der Waals surface area contributed by atoms with Gasteiger partial charge in [0.25, 0.3) is 0 Å². The monoisotopic (exact) mass is 556 g/mol. The van der Waals surface area contributed by atoms with E-state index in [0.29, 0.717) is 10.8 Å². The Kier molecular flexibility index (Phi) is 7.36. The summed E-state index contributed by atoms with van der Waals surface area (Å²) in [6, 6.07) is 38.7. The number of benzene rings is 4. The molecule has 6 heteroatoms. The number of ether oxygens (including phenoxy) is 1. The molecule has 0 radical (unpaired) electrons. The normalized spacial score (nSPS) is 11.5. The topological polar surface area (TPSA) is 52.8 Å². The fourth-order valence-electron chi connectivity index (χ4n) is 5.14. The van der Waals surface area contributed by atoms with Gasteiger partial charge in [0.05, 0.1) is 5.69 Å². The molecule has 202 valence electrons. The van der Waals surface area contributed by atoms with Gasteiger partial charge in [0.15, 0.2) is 5.60 Å². The minimum Gasteiger partial charge on any atom is -0.473 e. The predicted molar refractivity (Wildman–Crippen MR) is 164 cm³/mol. The van der Waals surface area contributed by atoms with Crippen molar-refractivity contribution in [3.05, 3.63) is 156 Å². The Balaban J connectivity index is 1.55. The van der Waals surface area contributed by atoms with Gasteiger partial charge in [0.2, 0.25) is 0 Å². The first-order valence-electron chi connectivity index (χ1n) is 13.6. The molecule has 0 saturated heterocycles. The SMILES string of the molecule is CC(C)n1cc(-c2ccncn2)c(-c2cc(Cl)cc(OC(c3ccccc3)(c3ccccc3)c3ccccc3)c2)n1. The molecule has 4 aromatic carbocycles. The molecule has 0 N–H and O–H groups in total. The molecule has 2 heterocycles. The van der Waals surface area contributed by atoms with Crippen molar-refractivity contribution in [2.75, 3.05) is 0 Å². The Labute approximate surface area is 245 Å². The van der Waals surface area contributed by atoms with Gasteiger partial charge < -0.3 is 4.74 Å². The molecule has 0 saturated carbocycles. The first-order chi connectivity index (χ1) is 20.0. The molecule has 0 amide bonds. The standard InChI is InChI=1S/C35H29ClN4O/c1-25(2)40-23-32(33-18-19-37-24-38-33)34(39-40)26-20-30(36)22-31(21-26)41-35(27-12-6-3-7-13-27,28-14-8-4-9-15-28)29-16-10-5-11-17-29/h3-25H,1-2H3. The van der Waals surface area contributed by atoms with E-state index in [1.54, 1.807) is 12.5 Å². The Hall–Kier alpha value is -4.74. The molecule has 0 spiro atoms. The highest BCUT2D eigenvalue weighted by Crippen LogP contribution is 2.43. The Bertz CT molecular complexity index is 1640. The number of hydrogen-bond acceptors (Lipinski definition) is 4. The average Bonchev–Trinajstić information content (AvgIpc) is 3.48. The molecule has 6 rings (SSSR count). The maximum Gasteiger partial charge on any atom is 0.184 e. The van der Waals surface area contributed by atoms with Gasteiger partial charge in [-0.3, -0.25) is 4.68 Å². The van der Waals surface area contributed by atoms with E-state index in [4.69, 9.17) is 21.4 Å². The van der Waals surface area contributed by atoms with Gasteiger partial charge >= 0.3 is 0 Å². The first kappa shape index (κ1) is 26.5. The van der Waals surface area contributed by atoms with Crippen molar-refractivity contribution in [1.82, 2.24) is 19.7 Å². The van der Waals surface area contributed by atoms with E-state index in [1.807, 2.05) is 89.7 Å². The van der Waals surface area contributed by atoms with Crippen LogP contribution >= 0.6 is 11.6 Å². The summed E-state index contributed by atoms with van der Waals surface area (Å²) in [7, 11) is 0. The second-order valence-corrected chi connectivity index (χ2v) is 10.6. The second-order valence-electron chi connectivity index (χ2n) is 10.1. The summed E-state index contributed by atoms with van der Waals surface area (Å²) in [5.74, 6) is 0.622. The van der Waals surface area contributed by atoms with Crippen molar-refractivity contribution in [2.45, 2.75) is 25.5 Å². The van der Waals surface area contributed by atoms with Crippen molar-refractivity contribution in [3.8, 4) is 28.3 Å². The van der Waals surface area contributed by atoms with E-state index >= 15 is 0 Å². The van der Waals surface area contributed by atoms with Crippen LogP contribution < -0.4 is 4.74 Å². The molecular formula is C35H29ClN4O. The Morgan fingerprint density at radius 1 is 0.756 bits per heavy atom. The van der Waals surface area contributed by atoms with Crippen LogP contribution in [0.1, 0.15) is 36.6 Å². The van der Waals surface area contributed by atoms with E-state index < -0.39 is 5.60 Å². The van der Waals surface area contributed by atoms with Crippen molar-refractivity contribution in [1.29, 1.82) is 0 Å². The third-order valence-corrected chi connectivity index (χ3v) is 7.29. The smallest absolute Gasteiger partial charge is 0.184 e. The third kappa shape index (κ3) is 5.24. The molecule has 0 aliphatic rings. The van der Waals surface area contributed by atoms with Gasteiger partial charge in [-0.05, 0) is 38.1 Å². The number of nitrogens with zero attached hydrogens (tertiary/aromatic N) is 4. The predicted octanol–water partition coefficient (Wildman–Crippen LogP) is 8.61. The number of halogens is 1. The summed E-state index contributed by atoms with van der Waals surface area (Å²) < 4.78 is 9.10. The highest BCUT2D eigenvalue weighted by atomic mass is 35.5. The third-order valence-electron chi connectivity index (χ3n) is 7.08. The second kappa shape index (κ2) is 11.4. The molecule has 2 aromatic heterocycles. The van der Waals surface area contributed by atoms with Gasteiger partial charge in [-0.15, -0.1) is 0 Å². The summed E-state index contributed by atoms with van der Waals surface area (Å²) >= 11 is 6.79. The quantitative estimate of drug-likeness (QED) is 0.176. The summed E-state index contributed by atoms with van der Waals surface area (Å²) in [5, 5.41) is 5.50. The van der Waals surface area contributed by atoms with Crippen LogP contribution in [0.25, 0.3) is 22.5 Å². The van der Waals surface area contributed by atoms with Gasteiger partial charge in [-0.1, -0.05) is 103 Å². The summed E-state index contributed by atoms with van der Waals surface area (Å²) in [5.41, 5.74) is 5.38. The van der Waals surface area contributed by atoms with Crippen LogP contribution in [0.4, 0.5) is 0 Å². The fraction of sp³-hybridized carbons (Fsp3) is 0.114. The maximum absolute atomic E-state index is 7.16. The van der Waals surface area contributed by atoms with Crippen LogP contribution in [0.15, 0.2) is 134 Å². The van der Waals surface area contributed by atoms with Crippen molar-refractivity contribution in [2.24, 2.45) is 0 Å². The van der Waals surface area contributed by atoms with Gasteiger partial charge in [-0.2, -0.15) is 5.10 Å². The van der Waals surface area contributed by atoms with Crippen LogP contribution in [0.3, 0.4) is 0 Å². The zero-order valence-electron chi connectivity index (χ0n) is 22.9. The lowest BCUT2D eigenvalue weighted by molar-refractivity contribution is 0.155. The van der Waals surface area contributed by atoms with Crippen molar-refractivity contribution < 1.29 is 4.74 Å². The van der Waals surface area contributed by atoms with Crippen LogP contribution in [-0.2, 0) is 5.60 Å². The number of rotatable bonds is 8. The molecule has 0 bridgehead atoms. The molecule has 41 heavy (non-hydrogen) atoms. The number of aromatic nitrogens is 4. The van der Waals surface area contributed by atoms with E-state index in [0.717, 1.165) is 39.2 Å². The van der Waals surface area contributed by atoms with Gasteiger partial charge in [0, 0.05) is 51.3 Å². The Morgan fingerprint density at radius 3 is 1.85 bits per heavy atom. The Morgan fingerprint density at radius 2 is 1.34 bits per heavy atom. The first-order valence-corrected chi connectivity index (χ1v) is 13.9. The molecule has 0 unspecified atom stereocenters. The molecule has 6 aromatic rings. The van der Waals surface area contributed by atoms with Crippen LogP contribution in [0.5, 0.6) is 5.75 Å². The molecular weight excluding hydrogens is 528 g/mol. The summed E-state index contributed by atoms with van der Waals surface area (Å²) in [4.78, 5) is 8.59. The molecule has 0 aliphatic heterocycles. The summed E-state index contributed by atoms with van der Waals surface area (Å²) in [6.45, 7) is 4.20. The highest BCUT2D eigenvalue weighted by Gasteiger charge is 2.39. The van der Waals surface area contributed by atoms with Crippen LogP contribution in [0, 0.1) is 0 Å². The molecule has 0 fully saturated rings. The fourth-order valence-corrected chi connectivity index (χ4v) is 5.36. The van der Waals surface area contributed by atoms with Gasteiger partial charge in [0.1, 0.15) is 17.8 Å². The van der Waals surface area contributed by atoms with Gasteiger partial charge in [-0.25, -0.2) is 9.97 Å². The number of hydrogen-bond donors (Lipinski definition) is 0. The van der Waals surface area contributed by atoms with Crippen LogP contribution in [0.2, 0.25) is 5.02 Å². The lowest BCUT2D eigenvalue weighted by Crippen LogP contribution is -2.36. The lowest BCUT2D eigenvalue weighted by atomic mass is 9.80. The van der Waals surface area contributed by atoms with E-state index in [-0.39, 0.29) is 6.04 Å². The summed E-state index contributed by atoms with van der Waals surface area (Å²) in [6.07, 6.45) is 5.30. The van der Waals surface area contributed by atoms with E-state index in [9.17, 15) is 0 Å². The average molecular weight is 557 g/mol. The lowest BCUT2D eigenvalue weighted by Gasteiger charge is -2.36. The molecule has 5 nitrogen and oxygen atoms in total. The highest BCUT2D eigenvalue weighted by molar-refractivity contribution is 6.31. The largest absolute Gasteiger partial charge is 0.473 e. The zero-order valence-corrected chi connectivity index (χ0v) is 23.6. The van der Waals surface area contributed by atoms with Crippen LogP contribution in [-0.4, -0.2) is 19.7 Å². The van der Waals surface area contributed by atoms with Crippen molar-refractivity contribution >= 4 is 11.6 Å². The minimum absolute atomic E-state index is 0.168. The van der Waals surface area contributed by atoms with E-state index in [2.05, 4.69) is 60.2 Å². The van der Waals surface area contributed by atoms with Crippen molar-refractivity contribution in [3.63, 3.8) is 0 Å². The molecule has 0 aliphatic carbocycles. The van der Waals surface area contributed by atoms with E-state index in [1.165, 1.54) is 0 Å². The maximum atomic E-state index is 7.16. The molecule has 0 atom stereocenters.